The van der Waals surface area contributed by atoms with Crippen molar-refractivity contribution in [1.82, 2.24) is 0 Å². The molecule has 76 valence electrons. The lowest BCUT2D eigenvalue weighted by Gasteiger charge is -2.10. The van der Waals surface area contributed by atoms with E-state index in [9.17, 15) is 18.3 Å². The van der Waals surface area contributed by atoms with Crippen LogP contribution >= 0.6 is 0 Å². The summed E-state index contributed by atoms with van der Waals surface area (Å²) in [6.45, 7) is 0. The zero-order valence-corrected chi connectivity index (χ0v) is 7.34. The summed E-state index contributed by atoms with van der Waals surface area (Å²) in [6, 6.07) is 5.21. The maximum Gasteiger partial charge on any atom is 0.433 e. The molecule has 1 aromatic carbocycles. The van der Waals surface area contributed by atoms with E-state index in [2.05, 4.69) is 4.99 Å². The quantitative estimate of drug-likeness (QED) is 0.698. The summed E-state index contributed by atoms with van der Waals surface area (Å²) in [4.78, 5) is 3.12. The molecular formula is C9H8F3NO. The first-order chi connectivity index (χ1) is 6.46. The number of nitrogens with zero attached hydrogens (tertiary/aromatic N) is 1. The third-order valence-corrected chi connectivity index (χ3v) is 1.65. The summed E-state index contributed by atoms with van der Waals surface area (Å²) in [6.07, 6.45) is -4.55. The van der Waals surface area contributed by atoms with Crippen LogP contribution in [-0.4, -0.2) is 24.0 Å². The Morgan fingerprint density at radius 1 is 1.29 bits per heavy atom. The van der Waals surface area contributed by atoms with Crippen LogP contribution < -0.4 is 0 Å². The molecule has 0 amide bonds. The predicted octanol–water partition coefficient (Wildman–Crippen LogP) is 2.37. The first-order valence-electron chi connectivity index (χ1n) is 3.79. The van der Waals surface area contributed by atoms with E-state index in [1.807, 2.05) is 0 Å². The van der Waals surface area contributed by atoms with Crippen LogP contribution in [0.5, 0.6) is 5.75 Å². The molecular weight excluding hydrogens is 195 g/mol. The third-order valence-electron chi connectivity index (χ3n) is 1.65. The molecule has 1 rings (SSSR count). The Hall–Kier alpha value is -1.52. The highest BCUT2D eigenvalue weighted by Crippen LogP contribution is 2.27. The Balaban J connectivity index is 3.23. The van der Waals surface area contributed by atoms with E-state index in [4.69, 9.17) is 0 Å². The van der Waals surface area contributed by atoms with Gasteiger partial charge in [0.25, 0.3) is 0 Å². The molecule has 0 radical (unpaired) electrons. The van der Waals surface area contributed by atoms with Crippen LogP contribution in [0.15, 0.2) is 29.3 Å². The van der Waals surface area contributed by atoms with Crippen LogP contribution in [0.3, 0.4) is 0 Å². The molecule has 0 saturated heterocycles. The van der Waals surface area contributed by atoms with Crippen molar-refractivity contribution in [2.75, 3.05) is 7.05 Å². The van der Waals surface area contributed by atoms with Gasteiger partial charge >= 0.3 is 6.18 Å². The maximum atomic E-state index is 12.3. The number of alkyl halides is 3. The Bertz CT molecular complexity index is 357. The molecule has 14 heavy (non-hydrogen) atoms. The van der Waals surface area contributed by atoms with Gasteiger partial charge in [0, 0.05) is 12.6 Å². The van der Waals surface area contributed by atoms with Gasteiger partial charge in [0.05, 0.1) is 0 Å². The molecule has 0 atom stereocenters. The van der Waals surface area contributed by atoms with E-state index in [1.54, 1.807) is 0 Å². The SMILES string of the molecule is CN=C(c1ccccc1O)C(F)(F)F. The Labute approximate surface area is 78.7 Å². The molecule has 0 aromatic heterocycles. The van der Waals surface area contributed by atoms with Crippen LogP contribution in [0, 0.1) is 0 Å². The molecule has 0 spiro atoms. The second-order valence-corrected chi connectivity index (χ2v) is 2.59. The minimum Gasteiger partial charge on any atom is -0.507 e. The lowest BCUT2D eigenvalue weighted by Crippen LogP contribution is -2.24. The van der Waals surface area contributed by atoms with Crippen molar-refractivity contribution in [2.24, 2.45) is 4.99 Å². The van der Waals surface area contributed by atoms with E-state index >= 15 is 0 Å². The standard InChI is InChI=1S/C9H8F3NO/c1-13-8(9(10,11)12)6-4-2-3-5-7(6)14/h2-5,14H,1H3. The average molecular weight is 203 g/mol. The van der Waals surface area contributed by atoms with E-state index in [1.165, 1.54) is 24.3 Å². The number of halogens is 3. The second kappa shape index (κ2) is 3.69. The largest absolute Gasteiger partial charge is 0.507 e. The normalized spacial score (nSPS) is 13.0. The molecule has 1 N–H and O–H groups in total. The molecule has 0 aliphatic carbocycles. The molecule has 2 nitrogen and oxygen atoms in total. The van der Waals surface area contributed by atoms with Crippen LogP contribution in [0.25, 0.3) is 0 Å². The fraction of sp³-hybridized carbons (Fsp3) is 0.222. The van der Waals surface area contributed by atoms with Crippen molar-refractivity contribution in [3.63, 3.8) is 0 Å². The van der Waals surface area contributed by atoms with Gasteiger partial charge in [-0.2, -0.15) is 13.2 Å². The van der Waals surface area contributed by atoms with Crippen molar-refractivity contribution >= 4 is 5.71 Å². The van der Waals surface area contributed by atoms with Gasteiger partial charge < -0.3 is 5.11 Å². The van der Waals surface area contributed by atoms with Crippen molar-refractivity contribution in [3.8, 4) is 5.75 Å². The van der Waals surface area contributed by atoms with Crippen LogP contribution in [0.2, 0.25) is 0 Å². The summed E-state index contributed by atoms with van der Waals surface area (Å²) in [5.41, 5.74) is -1.38. The number of phenols is 1. The second-order valence-electron chi connectivity index (χ2n) is 2.59. The summed E-state index contributed by atoms with van der Waals surface area (Å²) < 4.78 is 37.0. The average Bonchev–Trinajstić information content (AvgIpc) is 2.07. The minimum atomic E-state index is -4.55. The Morgan fingerprint density at radius 2 is 1.86 bits per heavy atom. The highest BCUT2D eigenvalue weighted by Gasteiger charge is 2.37. The fourth-order valence-corrected chi connectivity index (χ4v) is 1.07. The van der Waals surface area contributed by atoms with Crippen molar-refractivity contribution in [1.29, 1.82) is 0 Å². The molecule has 0 bridgehead atoms. The zero-order valence-electron chi connectivity index (χ0n) is 7.34. The first-order valence-corrected chi connectivity index (χ1v) is 3.79. The molecule has 1 aromatic rings. The van der Waals surface area contributed by atoms with Crippen LogP contribution in [-0.2, 0) is 0 Å². The molecule has 0 aliphatic rings. The van der Waals surface area contributed by atoms with Gasteiger partial charge in [-0.15, -0.1) is 0 Å². The molecule has 0 fully saturated rings. The summed E-state index contributed by atoms with van der Waals surface area (Å²) in [5.74, 6) is -0.426. The van der Waals surface area contributed by atoms with Crippen molar-refractivity contribution < 1.29 is 18.3 Å². The number of benzene rings is 1. The first kappa shape index (κ1) is 10.6. The monoisotopic (exact) mass is 203 g/mol. The number of rotatable bonds is 1. The minimum absolute atomic E-state index is 0.303. The smallest absolute Gasteiger partial charge is 0.433 e. The Kier molecular flexibility index (Phi) is 2.78. The van der Waals surface area contributed by atoms with Gasteiger partial charge in [-0.25, -0.2) is 0 Å². The number of phenolic OH excluding ortho intramolecular Hbond substituents is 1. The molecule has 5 heteroatoms. The van der Waals surface area contributed by atoms with Crippen LogP contribution in [0.4, 0.5) is 13.2 Å². The lowest BCUT2D eigenvalue weighted by atomic mass is 10.1. The van der Waals surface area contributed by atoms with Crippen molar-refractivity contribution in [3.05, 3.63) is 29.8 Å². The summed E-state index contributed by atoms with van der Waals surface area (Å²) >= 11 is 0. The summed E-state index contributed by atoms with van der Waals surface area (Å²) in [7, 11) is 1.04. The van der Waals surface area contributed by atoms with Crippen molar-refractivity contribution in [2.45, 2.75) is 6.18 Å². The molecule has 0 saturated carbocycles. The van der Waals surface area contributed by atoms with Crippen LogP contribution in [0.1, 0.15) is 5.56 Å². The van der Waals surface area contributed by atoms with Gasteiger partial charge in [0.2, 0.25) is 0 Å². The van der Waals surface area contributed by atoms with E-state index < -0.39 is 17.6 Å². The summed E-state index contributed by atoms with van der Waals surface area (Å²) in [5, 5.41) is 9.19. The predicted molar refractivity (Wildman–Crippen MR) is 46.6 cm³/mol. The van der Waals surface area contributed by atoms with Gasteiger partial charge in [-0.3, -0.25) is 4.99 Å². The Morgan fingerprint density at radius 3 is 2.29 bits per heavy atom. The zero-order chi connectivity index (χ0) is 10.8. The highest BCUT2D eigenvalue weighted by atomic mass is 19.4. The van der Waals surface area contributed by atoms with Gasteiger partial charge in [0.15, 0.2) is 0 Å². The number of aromatic hydroxyl groups is 1. The lowest BCUT2D eigenvalue weighted by molar-refractivity contribution is -0.0582. The van der Waals surface area contributed by atoms with E-state index in [-0.39, 0.29) is 5.56 Å². The van der Waals surface area contributed by atoms with E-state index in [0.29, 0.717) is 0 Å². The third kappa shape index (κ3) is 2.04. The number of hydrogen-bond acceptors (Lipinski definition) is 2. The van der Waals surface area contributed by atoms with Gasteiger partial charge in [0.1, 0.15) is 11.5 Å². The fourth-order valence-electron chi connectivity index (χ4n) is 1.07. The van der Waals surface area contributed by atoms with Gasteiger partial charge in [-0.1, -0.05) is 12.1 Å². The topological polar surface area (TPSA) is 32.6 Å². The van der Waals surface area contributed by atoms with Gasteiger partial charge in [-0.05, 0) is 12.1 Å². The van der Waals surface area contributed by atoms with E-state index in [0.717, 1.165) is 7.05 Å². The number of para-hydroxylation sites is 1. The molecule has 0 aliphatic heterocycles. The molecule has 0 unspecified atom stereocenters. The number of hydrogen-bond donors (Lipinski definition) is 1. The highest BCUT2D eigenvalue weighted by molar-refractivity contribution is 6.06. The molecule has 0 heterocycles. The maximum absolute atomic E-state index is 12.3. The number of aliphatic imine (C=N–C) groups is 1.